The summed E-state index contributed by atoms with van der Waals surface area (Å²) in [5, 5.41) is 11.3. The van der Waals surface area contributed by atoms with Crippen LogP contribution in [-0.2, 0) is 36.1 Å². The van der Waals surface area contributed by atoms with Crippen LogP contribution in [-0.4, -0.2) is 61.5 Å². The van der Waals surface area contributed by atoms with Gasteiger partial charge in [0.1, 0.15) is 5.69 Å². The second kappa shape index (κ2) is 12.2. The zero-order valence-electron chi connectivity index (χ0n) is 27.8. The van der Waals surface area contributed by atoms with Gasteiger partial charge in [-0.25, -0.2) is 28.5 Å². The van der Waals surface area contributed by atoms with Crippen LogP contribution >= 0.6 is 15.9 Å². The number of aromatic nitrogens is 5. The zero-order valence-corrected chi connectivity index (χ0v) is 29.4. The lowest BCUT2D eigenvalue weighted by molar-refractivity contribution is -0.116. The van der Waals surface area contributed by atoms with Crippen molar-refractivity contribution >= 4 is 38.5 Å². The number of methoxy groups -OCH3 is 3. The average molecular weight is 747 g/mol. The molecule has 7 rings (SSSR count). The number of ether oxygens (including phenoxy) is 3. The number of benzene rings is 2. The molecule has 0 unspecified atom stereocenters. The Kier molecular flexibility index (Phi) is 8.04. The Morgan fingerprint density at radius 3 is 2.36 bits per heavy atom. The number of phenols is 1. The Hall–Kier alpha value is -5.44. The number of phenolic OH excluding ortho intramolecular Hbond substituents is 1. The van der Waals surface area contributed by atoms with Gasteiger partial charge in [-0.3, -0.25) is 14.4 Å². The third-order valence-corrected chi connectivity index (χ3v) is 10.2. The second-order valence-electron chi connectivity index (χ2n) is 12.3. The first-order valence-corrected chi connectivity index (χ1v) is 16.5. The number of carbonyl (C=O) groups is 2. The standard InChI is InChI=1S/C35H32BrN5O9/c1-16-10-25(42)19-13-23-18(29(30(19)31(16)43)20-11-17(36)12-28(50-5)32(20)44)6-9-40-34(46)39(35(47)41(23)40)8-7-21-33(45)38(2)24-15-27(49-4)26(48-3)14-22(24)37-21/h6,10-12,14-15,23,29,44H,7-9,13H2,1-5H3/t23-,29-/m1/s1. The van der Waals surface area contributed by atoms with Gasteiger partial charge in [-0.1, -0.05) is 22.0 Å². The molecule has 1 N–H and O–H groups in total. The summed E-state index contributed by atoms with van der Waals surface area (Å²) in [4.78, 5) is 72.9. The van der Waals surface area contributed by atoms with Crippen LogP contribution in [0.2, 0.25) is 0 Å². The van der Waals surface area contributed by atoms with E-state index in [-0.39, 0.29) is 71.4 Å². The summed E-state index contributed by atoms with van der Waals surface area (Å²) in [6.45, 7) is 1.41. The predicted molar refractivity (Wildman–Crippen MR) is 184 cm³/mol. The third kappa shape index (κ3) is 4.89. The number of allylic oxidation sites excluding steroid dienone is 6. The van der Waals surface area contributed by atoms with Crippen molar-refractivity contribution in [1.29, 1.82) is 0 Å². The van der Waals surface area contributed by atoms with E-state index in [9.17, 15) is 29.1 Å². The molecule has 50 heavy (non-hydrogen) atoms. The summed E-state index contributed by atoms with van der Waals surface area (Å²) < 4.78 is 21.8. The number of Topliss-reactive ketones (excluding diaryl/α,β-unsaturated/α-hetero) is 1. The van der Waals surface area contributed by atoms with Gasteiger partial charge in [-0.05, 0) is 30.7 Å². The molecule has 3 aliphatic rings. The summed E-state index contributed by atoms with van der Waals surface area (Å²) in [7, 11) is 5.99. The van der Waals surface area contributed by atoms with Crippen molar-refractivity contribution in [3.63, 3.8) is 0 Å². The smallest absolute Gasteiger partial charge is 0.347 e. The highest BCUT2D eigenvalue weighted by Crippen LogP contribution is 2.53. The lowest BCUT2D eigenvalue weighted by Crippen LogP contribution is -2.41. The zero-order chi connectivity index (χ0) is 35.8. The van der Waals surface area contributed by atoms with E-state index in [4.69, 9.17) is 14.2 Å². The van der Waals surface area contributed by atoms with Gasteiger partial charge < -0.3 is 23.9 Å². The monoisotopic (exact) mass is 745 g/mol. The highest BCUT2D eigenvalue weighted by atomic mass is 79.9. The normalized spacial score (nSPS) is 18.4. The molecule has 0 saturated heterocycles. The summed E-state index contributed by atoms with van der Waals surface area (Å²) in [6.07, 6.45) is 3.01. The Bertz CT molecular complexity index is 2460. The summed E-state index contributed by atoms with van der Waals surface area (Å²) in [5.41, 5.74) is 1.09. The highest BCUT2D eigenvalue weighted by molar-refractivity contribution is 9.10. The number of hydrogen-bond donors (Lipinski definition) is 1. The average Bonchev–Trinajstić information content (AvgIpc) is 3.35. The van der Waals surface area contributed by atoms with Gasteiger partial charge in [-0.15, -0.1) is 0 Å². The van der Waals surface area contributed by atoms with Gasteiger partial charge in [0.05, 0.1) is 44.9 Å². The van der Waals surface area contributed by atoms with E-state index >= 15 is 0 Å². The van der Waals surface area contributed by atoms with E-state index in [1.807, 2.05) is 0 Å². The number of rotatable bonds is 7. The molecule has 258 valence electrons. The topological polar surface area (TPSA) is 166 Å². The molecule has 15 heteroatoms. The van der Waals surface area contributed by atoms with Crippen molar-refractivity contribution in [2.45, 2.75) is 44.8 Å². The van der Waals surface area contributed by atoms with Gasteiger partial charge >= 0.3 is 11.4 Å². The number of fused-ring (bicyclic) bond motifs is 4. The minimum absolute atomic E-state index is 0.00744. The maximum Gasteiger partial charge on any atom is 0.347 e. The predicted octanol–water partition coefficient (Wildman–Crippen LogP) is 2.86. The third-order valence-electron chi connectivity index (χ3n) is 9.73. The molecule has 2 aromatic carbocycles. The van der Waals surface area contributed by atoms with Crippen LogP contribution in [0.4, 0.5) is 0 Å². The molecule has 3 heterocycles. The van der Waals surface area contributed by atoms with Gasteiger partial charge in [0.2, 0.25) is 0 Å². The highest BCUT2D eigenvalue weighted by Gasteiger charge is 2.46. The number of ketones is 2. The first kappa shape index (κ1) is 33.1. The van der Waals surface area contributed by atoms with E-state index in [2.05, 4.69) is 20.9 Å². The number of aryl methyl sites for hydroxylation is 2. The van der Waals surface area contributed by atoms with Gasteiger partial charge in [-0.2, -0.15) is 0 Å². The van der Waals surface area contributed by atoms with Crippen molar-refractivity contribution in [2.75, 3.05) is 21.3 Å². The number of carbonyl (C=O) groups excluding carboxylic acids is 2. The van der Waals surface area contributed by atoms with Gasteiger partial charge in [0.25, 0.3) is 5.56 Å². The Balaban J connectivity index is 1.31. The number of halogens is 1. The minimum atomic E-state index is -0.908. The van der Waals surface area contributed by atoms with Crippen LogP contribution in [0.25, 0.3) is 11.0 Å². The molecule has 0 fully saturated rings. The minimum Gasteiger partial charge on any atom is -0.504 e. The summed E-state index contributed by atoms with van der Waals surface area (Å²) in [6, 6.07) is 5.71. The van der Waals surface area contributed by atoms with Crippen LogP contribution in [0.1, 0.15) is 36.6 Å². The van der Waals surface area contributed by atoms with E-state index in [0.29, 0.717) is 38.1 Å². The van der Waals surface area contributed by atoms with Crippen molar-refractivity contribution in [2.24, 2.45) is 7.05 Å². The molecule has 0 saturated carbocycles. The quantitative estimate of drug-likeness (QED) is 0.220. The van der Waals surface area contributed by atoms with Crippen molar-refractivity contribution < 1.29 is 28.9 Å². The Morgan fingerprint density at radius 2 is 1.66 bits per heavy atom. The van der Waals surface area contributed by atoms with Crippen molar-refractivity contribution in [3.05, 3.63) is 106 Å². The first-order chi connectivity index (χ1) is 23.9. The number of aromatic hydroxyl groups is 1. The van der Waals surface area contributed by atoms with Crippen LogP contribution in [0, 0.1) is 0 Å². The van der Waals surface area contributed by atoms with Crippen molar-refractivity contribution in [3.8, 4) is 23.0 Å². The van der Waals surface area contributed by atoms with Crippen LogP contribution in [0.15, 0.2) is 77.6 Å². The second-order valence-corrected chi connectivity index (χ2v) is 13.2. The van der Waals surface area contributed by atoms with Crippen molar-refractivity contribution in [1.82, 2.24) is 23.5 Å². The van der Waals surface area contributed by atoms with E-state index < -0.39 is 28.9 Å². The summed E-state index contributed by atoms with van der Waals surface area (Å²) in [5.74, 6) is -0.813. The van der Waals surface area contributed by atoms with Gasteiger partial charge in [0, 0.05) is 71.2 Å². The van der Waals surface area contributed by atoms with Crippen LogP contribution in [0.3, 0.4) is 0 Å². The lowest BCUT2D eigenvalue weighted by Gasteiger charge is -2.39. The van der Waals surface area contributed by atoms with Crippen LogP contribution < -0.4 is 31.1 Å². The molecule has 0 spiro atoms. The molecule has 1 aliphatic heterocycles. The lowest BCUT2D eigenvalue weighted by atomic mass is 9.67. The molecule has 0 amide bonds. The molecule has 0 radical (unpaired) electrons. The summed E-state index contributed by atoms with van der Waals surface area (Å²) >= 11 is 3.46. The molecule has 2 atom stereocenters. The SMILES string of the molecule is COc1cc2nc(CCn3c(=O)n4n(c3=O)[C@@H]3CC5=C(C(=O)C(C)=CC5=O)[C@@H](c5cc(Br)cc(OC)c5O)C3=CC4)c(=O)n(C)c2cc1OC. The van der Waals surface area contributed by atoms with E-state index in [0.717, 1.165) is 4.57 Å². The fraction of sp³-hybridized carbons (Fsp3) is 0.314. The fourth-order valence-electron chi connectivity index (χ4n) is 7.29. The molecule has 2 aliphatic carbocycles. The first-order valence-electron chi connectivity index (χ1n) is 15.7. The molecule has 2 aromatic heterocycles. The number of hydrogen-bond acceptors (Lipinski definition) is 10. The molecule has 0 bridgehead atoms. The molecule has 14 nitrogen and oxygen atoms in total. The largest absolute Gasteiger partial charge is 0.504 e. The Morgan fingerprint density at radius 1 is 0.960 bits per heavy atom. The molecule has 4 aromatic rings. The maximum atomic E-state index is 14.1. The van der Waals surface area contributed by atoms with Gasteiger partial charge in [0.15, 0.2) is 34.6 Å². The van der Waals surface area contributed by atoms with E-state index in [1.54, 1.807) is 44.3 Å². The van der Waals surface area contributed by atoms with Crippen LogP contribution in [0.5, 0.6) is 23.0 Å². The van der Waals surface area contributed by atoms with E-state index in [1.165, 1.54) is 41.3 Å². The number of nitrogens with zero attached hydrogens (tertiary/aromatic N) is 5. The molecular weight excluding hydrogens is 714 g/mol. The molecular formula is C35H32BrN5O9. The Labute approximate surface area is 292 Å². The maximum absolute atomic E-state index is 14.1. The fourth-order valence-corrected chi connectivity index (χ4v) is 7.74.